The van der Waals surface area contributed by atoms with E-state index in [1.54, 1.807) is 19.3 Å². The van der Waals surface area contributed by atoms with Crippen LogP contribution in [0.5, 0.6) is 0 Å². The highest BCUT2D eigenvalue weighted by Gasteiger charge is 2.31. The van der Waals surface area contributed by atoms with Gasteiger partial charge in [0.15, 0.2) is 0 Å². The first-order valence-electron chi connectivity index (χ1n) is 7.34. The Kier molecular flexibility index (Phi) is 4.56. The topological polar surface area (TPSA) is 68.3 Å². The van der Waals surface area contributed by atoms with Crippen molar-refractivity contribution in [3.8, 4) is 0 Å². The van der Waals surface area contributed by atoms with Crippen molar-refractivity contribution in [2.75, 3.05) is 7.05 Å². The van der Waals surface area contributed by atoms with Crippen LogP contribution in [-0.2, 0) is 16.6 Å². The van der Waals surface area contributed by atoms with Crippen molar-refractivity contribution in [2.45, 2.75) is 63.1 Å². The van der Waals surface area contributed by atoms with Crippen LogP contribution in [0.25, 0.3) is 0 Å². The predicted molar refractivity (Wildman–Crippen MR) is 79.9 cm³/mol. The minimum atomic E-state index is -3.42. The minimum absolute atomic E-state index is 0.0469. The average Bonchev–Trinajstić information content (AvgIpc) is 3.18. The maximum atomic E-state index is 12.7. The third-order valence-corrected chi connectivity index (χ3v) is 6.07. The molecule has 1 fully saturated rings. The van der Waals surface area contributed by atoms with Crippen LogP contribution in [0.1, 0.15) is 51.3 Å². The smallest absolute Gasteiger partial charge is 0.244 e. The number of sulfonamides is 1. The van der Waals surface area contributed by atoms with Gasteiger partial charge >= 0.3 is 0 Å². The molecule has 114 valence electrons. The molecule has 1 saturated carbocycles. The van der Waals surface area contributed by atoms with Gasteiger partial charge in [-0.1, -0.05) is 13.8 Å². The van der Waals surface area contributed by atoms with Crippen LogP contribution in [0, 0.1) is 0 Å². The molecule has 1 aromatic heterocycles. The molecule has 20 heavy (non-hydrogen) atoms. The van der Waals surface area contributed by atoms with E-state index in [2.05, 4.69) is 0 Å². The summed E-state index contributed by atoms with van der Waals surface area (Å²) in [5.74, 6) is 0. The van der Waals surface area contributed by atoms with Gasteiger partial charge in [0.2, 0.25) is 10.0 Å². The summed E-state index contributed by atoms with van der Waals surface area (Å²) in [5.41, 5.74) is 6.64. The van der Waals surface area contributed by atoms with Gasteiger partial charge in [0, 0.05) is 37.6 Å². The number of rotatable bonds is 7. The van der Waals surface area contributed by atoms with Crippen LogP contribution < -0.4 is 5.73 Å². The fraction of sp³-hybridized carbons (Fsp3) is 0.714. The Bertz CT molecular complexity index is 557. The molecule has 1 aromatic rings. The zero-order valence-electron chi connectivity index (χ0n) is 12.5. The highest BCUT2D eigenvalue weighted by atomic mass is 32.2. The Hall–Kier alpha value is -0.850. The Morgan fingerprint density at radius 2 is 2.00 bits per heavy atom. The van der Waals surface area contributed by atoms with E-state index >= 15 is 0 Å². The first-order valence-corrected chi connectivity index (χ1v) is 8.78. The Balaban J connectivity index is 2.34. The highest BCUT2D eigenvalue weighted by Crippen LogP contribution is 2.37. The third kappa shape index (κ3) is 2.77. The van der Waals surface area contributed by atoms with Crippen LogP contribution in [0.15, 0.2) is 17.2 Å². The summed E-state index contributed by atoms with van der Waals surface area (Å²) in [4.78, 5) is 0.374. The van der Waals surface area contributed by atoms with E-state index in [-0.39, 0.29) is 6.04 Å². The zero-order valence-corrected chi connectivity index (χ0v) is 13.4. The molecule has 0 unspecified atom stereocenters. The third-order valence-electron chi connectivity index (χ3n) is 4.19. The lowest BCUT2D eigenvalue weighted by atomic mass is 10.2. The summed E-state index contributed by atoms with van der Waals surface area (Å²) in [6.45, 7) is 4.41. The second kappa shape index (κ2) is 5.87. The van der Waals surface area contributed by atoms with Gasteiger partial charge < -0.3 is 10.3 Å². The van der Waals surface area contributed by atoms with Gasteiger partial charge in [-0.25, -0.2) is 8.42 Å². The molecular formula is C14H25N3O2S. The molecule has 6 heteroatoms. The van der Waals surface area contributed by atoms with Crippen LogP contribution in [0.4, 0.5) is 0 Å². The van der Waals surface area contributed by atoms with Crippen molar-refractivity contribution in [3.63, 3.8) is 0 Å². The summed E-state index contributed by atoms with van der Waals surface area (Å²) in [7, 11) is -1.75. The molecule has 2 rings (SSSR count). The zero-order chi connectivity index (χ0) is 14.9. The summed E-state index contributed by atoms with van der Waals surface area (Å²) >= 11 is 0. The van der Waals surface area contributed by atoms with E-state index < -0.39 is 10.0 Å². The summed E-state index contributed by atoms with van der Waals surface area (Å²) in [5, 5.41) is 0. The first-order chi connectivity index (χ1) is 9.45. The molecule has 0 aliphatic heterocycles. The average molecular weight is 299 g/mol. The summed E-state index contributed by atoms with van der Waals surface area (Å²) in [6.07, 6.45) is 5.62. The van der Waals surface area contributed by atoms with Gasteiger partial charge in [0.25, 0.3) is 0 Å². The van der Waals surface area contributed by atoms with E-state index in [4.69, 9.17) is 5.73 Å². The Morgan fingerprint density at radius 1 is 1.40 bits per heavy atom. The number of nitrogens with zero attached hydrogens (tertiary/aromatic N) is 2. The maximum absolute atomic E-state index is 12.7. The molecule has 0 bridgehead atoms. The highest BCUT2D eigenvalue weighted by molar-refractivity contribution is 7.89. The molecule has 1 heterocycles. The van der Waals surface area contributed by atoms with Gasteiger partial charge in [-0.3, -0.25) is 0 Å². The largest absolute Gasteiger partial charge is 0.346 e. The van der Waals surface area contributed by atoms with E-state index in [1.165, 1.54) is 4.31 Å². The lowest BCUT2D eigenvalue weighted by Gasteiger charge is -2.24. The quantitative estimate of drug-likeness (QED) is 0.838. The lowest BCUT2D eigenvalue weighted by molar-refractivity contribution is 0.349. The predicted octanol–water partition coefficient (Wildman–Crippen LogP) is 2.09. The van der Waals surface area contributed by atoms with E-state index in [9.17, 15) is 8.42 Å². The molecular weight excluding hydrogens is 274 g/mol. The molecule has 0 spiro atoms. The molecule has 1 aliphatic rings. The number of hydrogen-bond acceptors (Lipinski definition) is 3. The first kappa shape index (κ1) is 15.5. The Labute approximate surface area is 121 Å². The van der Waals surface area contributed by atoms with Crippen LogP contribution >= 0.6 is 0 Å². The van der Waals surface area contributed by atoms with Gasteiger partial charge in [-0.05, 0) is 31.7 Å². The fourth-order valence-electron chi connectivity index (χ4n) is 2.66. The molecule has 2 N–H and O–H groups in total. The molecule has 0 atom stereocenters. The fourth-order valence-corrected chi connectivity index (χ4v) is 4.21. The SMILES string of the molecule is CCC(CC)N(C)S(=O)(=O)c1cc(CN)n(C2CC2)c1. The van der Waals surface area contributed by atoms with Crippen LogP contribution in [0.3, 0.4) is 0 Å². The number of aromatic nitrogens is 1. The molecule has 1 aliphatic carbocycles. The van der Waals surface area contributed by atoms with E-state index in [0.29, 0.717) is 17.5 Å². The van der Waals surface area contributed by atoms with Gasteiger partial charge in [-0.2, -0.15) is 4.31 Å². The van der Waals surface area contributed by atoms with Crippen molar-refractivity contribution in [3.05, 3.63) is 18.0 Å². The molecule has 0 radical (unpaired) electrons. The normalized spacial score (nSPS) is 16.3. The monoisotopic (exact) mass is 299 g/mol. The van der Waals surface area contributed by atoms with Crippen molar-refractivity contribution in [1.82, 2.24) is 8.87 Å². The van der Waals surface area contributed by atoms with Gasteiger partial charge in [0.05, 0.1) is 0 Å². The molecule has 0 aromatic carbocycles. The van der Waals surface area contributed by atoms with Crippen molar-refractivity contribution >= 4 is 10.0 Å². The second-order valence-electron chi connectivity index (χ2n) is 5.50. The second-order valence-corrected chi connectivity index (χ2v) is 7.50. The Morgan fingerprint density at radius 3 is 2.45 bits per heavy atom. The van der Waals surface area contributed by atoms with Crippen molar-refractivity contribution in [2.24, 2.45) is 5.73 Å². The minimum Gasteiger partial charge on any atom is -0.346 e. The van der Waals surface area contributed by atoms with E-state index in [0.717, 1.165) is 31.4 Å². The van der Waals surface area contributed by atoms with Crippen LogP contribution in [0.2, 0.25) is 0 Å². The molecule has 0 saturated heterocycles. The standard InChI is InChI=1S/C14H25N3O2S/c1-4-11(5-2)16(3)20(18,19)14-8-13(9-15)17(10-14)12-6-7-12/h8,10-12H,4-7,9,15H2,1-3H3. The van der Waals surface area contributed by atoms with E-state index in [1.807, 2.05) is 18.4 Å². The van der Waals surface area contributed by atoms with Crippen molar-refractivity contribution in [1.29, 1.82) is 0 Å². The van der Waals surface area contributed by atoms with Gasteiger partial charge in [-0.15, -0.1) is 0 Å². The maximum Gasteiger partial charge on any atom is 0.244 e. The van der Waals surface area contributed by atoms with Crippen molar-refractivity contribution < 1.29 is 8.42 Å². The summed E-state index contributed by atoms with van der Waals surface area (Å²) in [6, 6.07) is 2.22. The lowest BCUT2D eigenvalue weighted by Crippen LogP contribution is -2.36. The number of hydrogen-bond donors (Lipinski definition) is 1. The van der Waals surface area contributed by atoms with Gasteiger partial charge in [0.1, 0.15) is 4.90 Å². The molecule has 0 amide bonds. The number of nitrogens with two attached hydrogens (primary N) is 1. The molecule has 5 nitrogen and oxygen atoms in total. The summed E-state index contributed by atoms with van der Waals surface area (Å²) < 4.78 is 28.9. The van der Waals surface area contributed by atoms with Crippen LogP contribution in [-0.4, -0.2) is 30.4 Å².